The van der Waals surface area contributed by atoms with Crippen LogP contribution in [0.3, 0.4) is 0 Å². The molecule has 1 atom stereocenters. The first-order valence-corrected chi connectivity index (χ1v) is 6.97. The summed E-state index contributed by atoms with van der Waals surface area (Å²) in [4.78, 5) is 18.0. The van der Waals surface area contributed by atoms with Crippen LogP contribution in [0.1, 0.15) is 19.3 Å². The van der Waals surface area contributed by atoms with Gasteiger partial charge in [0.05, 0.1) is 5.69 Å². The Balaban J connectivity index is 1.49. The van der Waals surface area contributed by atoms with Crippen molar-refractivity contribution in [3.8, 4) is 0 Å². The van der Waals surface area contributed by atoms with Gasteiger partial charge in [-0.1, -0.05) is 0 Å². The molecule has 2 fully saturated rings. The number of carbonyl (C=O) groups is 1. The lowest BCUT2D eigenvalue weighted by Gasteiger charge is -2.17. The maximum Gasteiger partial charge on any atom is 0.225 e. The minimum absolute atomic E-state index is 0.334. The van der Waals surface area contributed by atoms with Crippen LogP contribution in [-0.2, 0) is 4.79 Å². The van der Waals surface area contributed by atoms with Gasteiger partial charge in [-0.15, -0.1) is 0 Å². The van der Waals surface area contributed by atoms with Crippen molar-refractivity contribution in [3.63, 3.8) is 0 Å². The number of nitrogen functional groups attached to an aromatic ring is 1. The summed E-state index contributed by atoms with van der Waals surface area (Å²) in [6.45, 7) is 2.64. The molecule has 1 aromatic rings. The molecule has 1 aromatic heterocycles. The first-order chi connectivity index (χ1) is 9.24. The first kappa shape index (κ1) is 12.3. The molecule has 0 bridgehead atoms. The highest BCUT2D eigenvalue weighted by Crippen LogP contribution is 2.32. The van der Waals surface area contributed by atoms with Crippen LogP contribution in [0.25, 0.3) is 0 Å². The number of rotatable bonds is 4. The number of amides is 1. The van der Waals surface area contributed by atoms with Crippen LogP contribution >= 0.6 is 0 Å². The lowest BCUT2D eigenvalue weighted by atomic mass is 10.1. The lowest BCUT2D eigenvalue weighted by molar-refractivity contribution is -0.131. The zero-order valence-electron chi connectivity index (χ0n) is 11.0. The smallest absolute Gasteiger partial charge is 0.225 e. The second kappa shape index (κ2) is 5.07. The average molecular weight is 260 g/mol. The van der Waals surface area contributed by atoms with Crippen LogP contribution in [-0.4, -0.2) is 35.4 Å². The standard InChI is InChI=1S/C14H20N4O/c15-13-12(2-1-6-16-13)17-8-10-5-7-18(9-10)14(19)11-3-4-11/h1-2,6,10-11,17H,3-5,7-9H2,(H2,15,16). The summed E-state index contributed by atoms with van der Waals surface area (Å²) >= 11 is 0. The van der Waals surface area contributed by atoms with Gasteiger partial charge in [-0.25, -0.2) is 4.98 Å². The summed E-state index contributed by atoms with van der Waals surface area (Å²) in [5.74, 6) is 1.75. The Morgan fingerprint density at radius 1 is 1.47 bits per heavy atom. The van der Waals surface area contributed by atoms with E-state index in [4.69, 9.17) is 5.73 Å². The van der Waals surface area contributed by atoms with Crippen molar-refractivity contribution in [2.45, 2.75) is 19.3 Å². The largest absolute Gasteiger partial charge is 0.382 e. The summed E-state index contributed by atoms with van der Waals surface area (Å²) in [6.07, 6.45) is 4.94. The van der Waals surface area contributed by atoms with Crippen LogP contribution < -0.4 is 11.1 Å². The summed E-state index contributed by atoms with van der Waals surface area (Å²) in [7, 11) is 0. The van der Waals surface area contributed by atoms with Crippen molar-refractivity contribution in [3.05, 3.63) is 18.3 Å². The number of nitrogens with one attached hydrogen (secondary N) is 1. The molecule has 0 radical (unpaired) electrons. The third kappa shape index (κ3) is 2.80. The molecule has 102 valence electrons. The summed E-state index contributed by atoms with van der Waals surface area (Å²) < 4.78 is 0. The summed E-state index contributed by atoms with van der Waals surface area (Å²) in [5.41, 5.74) is 6.67. The van der Waals surface area contributed by atoms with E-state index in [1.54, 1.807) is 6.20 Å². The van der Waals surface area contributed by atoms with Crippen LogP contribution in [0.2, 0.25) is 0 Å². The monoisotopic (exact) mass is 260 g/mol. The maximum atomic E-state index is 12.0. The minimum Gasteiger partial charge on any atom is -0.382 e. The highest BCUT2D eigenvalue weighted by molar-refractivity contribution is 5.81. The highest BCUT2D eigenvalue weighted by atomic mass is 16.2. The van der Waals surface area contributed by atoms with Crippen LogP contribution in [0.5, 0.6) is 0 Å². The molecule has 1 saturated carbocycles. The van der Waals surface area contributed by atoms with E-state index >= 15 is 0 Å². The Morgan fingerprint density at radius 2 is 2.32 bits per heavy atom. The maximum absolute atomic E-state index is 12.0. The second-order valence-corrected chi connectivity index (χ2v) is 5.53. The molecule has 0 aromatic carbocycles. The lowest BCUT2D eigenvalue weighted by Crippen LogP contribution is -2.30. The molecule has 5 heteroatoms. The van der Waals surface area contributed by atoms with Crippen LogP contribution in [0.15, 0.2) is 18.3 Å². The van der Waals surface area contributed by atoms with E-state index in [1.807, 2.05) is 17.0 Å². The second-order valence-electron chi connectivity index (χ2n) is 5.53. The molecule has 2 heterocycles. The van der Waals surface area contributed by atoms with Gasteiger partial charge >= 0.3 is 0 Å². The molecule has 19 heavy (non-hydrogen) atoms. The summed E-state index contributed by atoms with van der Waals surface area (Å²) in [6, 6.07) is 3.81. The van der Waals surface area contributed by atoms with E-state index in [2.05, 4.69) is 10.3 Å². The van der Waals surface area contributed by atoms with Gasteiger partial charge < -0.3 is 16.0 Å². The highest BCUT2D eigenvalue weighted by Gasteiger charge is 2.36. The SMILES string of the molecule is Nc1ncccc1NCC1CCN(C(=O)C2CC2)C1. The van der Waals surface area contributed by atoms with Gasteiger partial charge in [-0.05, 0) is 37.3 Å². The fraction of sp³-hybridized carbons (Fsp3) is 0.571. The number of hydrogen-bond donors (Lipinski definition) is 2. The van der Waals surface area contributed by atoms with Crippen LogP contribution in [0, 0.1) is 11.8 Å². The van der Waals surface area contributed by atoms with Crippen molar-refractivity contribution < 1.29 is 4.79 Å². The Hall–Kier alpha value is -1.78. The molecule has 1 amide bonds. The Morgan fingerprint density at radius 3 is 3.05 bits per heavy atom. The van der Waals surface area contributed by atoms with Gasteiger partial charge in [0.15, 0.2) is 0 Å². The topological polar surface area (TPSA) is 71.2 Å². The quantitative estimate of drug-likeness (QED) is 0.857. The number of aromatic nitrogens is 1. The van der Waals surface area contributed by atoms with Crippen molar-refractivity contribution in [2.24, 2.45) is 11.8 Å². The molecule has 1 aliphatic heterocycles. The molecular weight excluding hydrogens is 240 g/mol. The number of anilines is 2. The van der Waals surface area contributed by atoms with E-state index in [-0.39, 0.29) is 0 Å². The van der Waals surface area contributed by atoms with Gasteiger partial charge in [0, 0.05) is 31.7 Å². The van der Waals surface area contributed by atoms with Gasteiger partial charge in [0.25, 0.3) is 0 Å². The predicted molar refractivity (Wildman–Crippen MR) is 74.6 cm³/mol. The molecule has 3 N–H and O–H groups in total. The fourth-order valence-electron chi connectivity index (χ4n) is 2.61. The molecule has 2 aliphatic rings. The van der Waals surface area contributed by atoms with E-state index in [9.17, 15) is 4.79 Å². The van der Waals surface area contributed by atoms with Gasteiger partial charge in [0.1, 0.15) is 5.82 Å². The average Bonchev–Trinajstić information content (AvgIpc) is 3.16. The molecule has 3 rings (SSSR count). The third-order valence-corrected chi connectivity index (χ3v) is 3.94. The molecule has 1 aliphatic carbocycles. The predicted octanol–water partition coefficient (Wildman–Crippen LogP) is 1.33. The number of hydrogen-bond acceptors (Lipinski definition) is 4. The third-order valence-electron chi connectivity index (χ3n) is 3.94. The van der Waals surface area contributed by atoms with E-state index < -0.39 is 0 Å². The minimum atomic E-state index is 0.334. The molecule has 1 saturated heterocycles. The van der Waals surface area contributed by atoms with Gasteiger partial charge in [-0.2, -0.15) is 0 Å². The molecule has 0 spiro atoms. The van der Waals surface area contributed by atoms with E-state index in [0.29, 0.717) is 23.6 Å². The Bertz CT molecular complexity index is 472. The number of nitrogens with zero attached hydrogens (tertiary/aromatic N) is 2. The van der Waals surface area contributed by atoms with Gasteiger partial charge in [0.2, 0.25) is 5.91 Å². The van der Waals surface area contributed by atoms with Crippen molar-refractivity contribution in [2.75, 3.05) is 30.7 Å². The van der Waals surface area contributed by atoms with Crippen molar-refractivity contribution >= 4 is 17.4 Å². The number of pyridine rings is 1. The molecular formula is C14H20N4O. The first-order valence-electron chi connectivity index (χ1n) is 6.97. The molecule has 5 nitrogen and oxygen atoms in total. The van der Waals surface area contributed by atoms with Gasteiger partial charge in [-0.3, -0.25) is 4.79 Å². The Kier molecular flexibility index (Phi) is 3.27. The van der Waals surface area contributed by atoms with E-state index in [1.165, 1.54) is 0 Å². The number of likely N-dealkylation sites (tertiary alicyclic amines) is 1. The number of carbonyl (C=O) groups excluding carboxylic acids is 1. The number of nitrogens with two attached hydrogens (primary N) is 1. The summed E-state index contributed by atoms with van der Waals surface area (Å²) in [5, 5.41) is 3.33. The van der Waals surface area contributed by atoms with Crippen molar-refractivity contribution in [1.29, 1.82) is 0 Å². The fourth-order valence-corrected chi connectivity index (χ4v) is 2.61. The van der Waals surface area contributed by atoms with E-state index in [0.717, 1.165) is 44.6 Å². The zero-order valence-corrected chi connectivity index (χ0v) is 11.0. The van der Waals surface area contributed by atoms with Crippen molar-refractivity contribution in [1.82, 2.24) is 9.88 Å². The molecule has 1 unspecified atom stereocenters. The van der Waals surface area contributed by atoms with Crippen LogP contribution in [0.4, 0.5) is 11.5 Å². The normalized spacial score (nSPS) is 22.5. The zero-order chi connectivity index (χ0) is 13.2. The Labute approximate surface area is 113 Å².